The van der Waals surface area contributed by atoms with E-state index in [4.69, 9.17) is 26.2 Å². The summed E-state index contributed by atoms with van der Waals surface area (Å²) >= 11 is 7.36. The largest absolute Gasteiger partial charge is 0.493 e. The number of fused-ring (bicyclic) bond motifs is 1. The number of hydrogen-bond acceptors (Lipinski definition) is 6. The second kappa shape index (κ2) is 8.57. The highest BCUT2D eigenvalue weighted by Crippen LogP contribution is 2.37. The van der Waals surface area contributed by atoms with Gasteiger partial charge in [-0.2, -0.15) is 0 Å². The topological polar surface area (TPSA) is 92.2 Å². The van der Waals surface area contributed by atoms with Crippen LogP contribution < -0.4 is 14.4 Å². The molecule has 5 rings (SSSR count). The molecule has 2 aliphatic rings. The predicted octanol–water partition coefficient (Wildman–Crippen LogP) is 4.42. The Morgan fingerprint density at radius 3 is 2.64 bits per heavy atom. The first-order chi connectivity index (χ1) is 15.9. The molecule has 33 heavy (non-hydrogen) atoms. The second-order valence-electron chi connectivity index (χ2n) is 7.77. The number of halogens is 1. The summed E-state index contributed by atoms with van der Waals surface area (Å²) in [7, 11) is 1.54. The van der Waals surface area contributed by atoms with Gasteiger partial charge in [-0.15, -0.1) is 11.3 Å². The van der Waals surface area contributed by atoms with Gasteiger partial charge >= 0.3 is 6.09 Å². The Morgan fingerprint density at radius 2 is 1.94 bits per heavy atom. The molecule has 10 heteroatoms. The highest BCUT2D eigenvalue weighted by atomic mass is 35.5. The average molecular weight is 486 g/mol. The zero-order chi connectivity index (χ0) is 23.1. The Morgan fingerprint density at radius 1 is 1.18 bits per heavy atom. The number of nitrogens with zero attached hydrogens (tertiary/aromatic N) is 3. The minimum Gasteiger partial charge on any atom is -0.493 e. The molecule has 3 aromatic rings. The standard InChI is InChI=1S/C23H20ClN3O5S/c1-31-19-10-15(6-7-18(19)32-16-11-26(12-16)23(29)30)27-9-8-17-20(22(27)28)33-21(25-17)13-2-4-14(24)5-3-13/h2-7,10,16H,8-9,11-12H2,1H3,(H,29,30). The van der Waals surface area contributed by atoms with Gasteiger partial charge in [-0.25, -0.2) is 9.78 Å². The maximum absolute atomic E-state index is 13.3. The molecule has 8 nitrogen and oxygen atoms in total. The van der Waals surface area contributed by atoms with Crippen LogP contribution in [0.1, 0.15) is 15.4 Å². The zero-order valence-corrected chi connectivity index (χ0v) is 19.2. The summed E-state index contributed by atoms with van der Waals surface area (Å²) in [5, 5.41) is 10.4. The summed E-state index contributed by atoms with van der Waals surface area (Å²) < 4.78 is 11.4. The number of likely N-dealkylation sites (tertiary alicyclic amines) is 1. The number of carbonyl (C=O) groups is 2. The van der Waals surface area contributed by atoms with E-state index in [2.05, 4.69) is 4.98 Å². The molecule has 2 aromatic carbocycles. The van der Waals surface area contributed by atoms with Gasteiger partial charge in [-0.05, 0) is 24.3 Å². The fourth-order valence-electron chi connectivity index (χ4n) is 3.86. The van der Waals surface area contributed by atoms with Gasteiger partial charge in [0, 0.05) is 35.3 Å². The van der Waals surface area contributed by atoms with Crippen LogP contribution in [-0.4, -0.2) is 59.8 Å². The number of aromatic nitrogens is 1. The molecule has 1 N–H and O–H groups in total. The molecule has 1 saturated heterocycles. The van der Waals surface area contributed by atoms with E-state index in [0.717, 1.165) is 16.3 Å². The van der Waals surface area contributed by atoms with Gasteiger partial charge in [-0.1, -0.05) is 23.7 Å². The lowest BCUT2D eigenvalue weighted by molar-refractivity contribution is 0.0239. The van der Waals surface area contributed by atoms with Crippen molar-refractivity contribution in [1.29, 1.82) is 0 Å². The summed E-state index contributed by atoms with van der Waals surface area (Å²) in [5.41, 5.74) is 2.45. The Hall–Kier alpha value is -3.30. The molecule has 0 radical (unpaired) electrons. The van der Waals surface area contributed by atoms with Gasteiger partial charge in [-0.3, -0.25) is 4.79 Å². The molecular formula is C23H20ClN3O5S. The first-order valence-corrected chi connectivity index (χ1v) is 11.5. The van der Waals surface area contributed by atoms with Crippen LogP contribution in [-0.2, 0) is 6.42 Å². The molecular weight excluding hydrogens is 466 g/mol. The number of ether oxygens (including phenoxy) is 2. The van der Waals surface area contributed by atoms with Crippen molar-refractivity contribution in [3.63, 3.8) is 0 Å². The maximum Gasteiger partial charge on any atom is 0.407 e. The van der Waals surface area contributed by atoms with Crippen molar-refractivity contribution >= 4 is 40.6 Å². The third-order valence-electron chi connectivity index (χ3n) is 5.67. The van der Waals surface area contributed by atoms with E-state index >= 15 is 0 Å². The molecule has 2 amide bonds. The molecule has 2 aliphatic heterocycles. The first-order valence-electron chi connectivity index (χ1n) is 10.3. The van der Waals surface area contributed by atoms with Crippen molar-refractivity contribution in [3.8, 4) is 22.1 Å². The van der Waals surface area contributed by atoms with Crippen LogP contribution in [0.25, 0.3) is 10.6 Å². The van der Waals surface area contributed by atoms with Crippen LogP contribution >= 0.6 is 22.9 Å². The fourth-order valence-corrected chi connectivity index (χ4v) is 5.05. The van der Waals surface area contributed by atoms with Gasteiger partial charge in [0.05, 0.1) is 25.9 Å². The summed E-state index contributed by atoms with van der Waals surface area (Å²) in [6.07, 6.45) is -0.523. The van der Waals surface area contributed by atoms with Crippen molar-refractivity contribution in [1.82, 2.24) is 9.88 Å². The normalized spacial score (nSPS) is 15.8. The quantitative estimate of drug-likeness (QED) is 0.575. The minimum absolute atomic E-state index is 0.0965. The predicted molar refractivity (Wildman–Crippen MR) is 125 cm³/mol. The molecule has 0 unspecified atom stereocenters. The Bertz CT molecular complexity index is 1220. The van der Waals surface area contributed by atoms with Crippen LogP contribution in [0.2, 0.25) is 5.02 Å². The van der Waals surface area contributed by atoms with Crippen LogP contribution in [0.3, 0.4) is 0 Å². The van der Waals surface area contributed by atoms with Gasteiger partial charge in [0.15, 0.2) is 11.5 Å². The lowest BCUT2D eigenvalue weighted by Gasteiger charge is -2.37. The van der Waals surface area contributed by atoms with Crippen molar-refractivity contribution < 1.29 is 24.2 Å². The summed E-state index contributed by atoms with van der Waals surface area (Å²) in [6, 6.07) is 12.8. The number of benzene rings is 2. The smallest absolute Gasteiger partial charge is 0.407 e. The number of hydrogen-bond donors (Lipinski definition) is 1. The Balaban J connectivity index is 1.34. The monoisotopic (exact) mass is 485 g/mol. The molecule has 1 aromatic heterocycles. The Labute approximate surface area is 198 Å². The average Bonchev–Trinajstić information content (AvgIpc) is 3.22. The number of anilines is 1. The van der Waals surface area contributed by atoms with E-state index in [1.807, 2.05) is 30.3 Å². The van der Waals surface area contributed by atoms with Crippen molar-refractivity contribution in [2.75, 3.05) is 31.6 Å². The van der Waals surface area contributed by atoms with E-state index in [1.54, 1.807) is 17.0 Å². The third-order valence-corrected chi connectivity index (χ3v) is 7.06. The molecule has 3 heterocycles. The molecule has 0 saturated carbocycles. The number of carbonyl (C=O) groups excluding carboxylic acids is 1. The highest BCUT2D eigenvalue weighted by molar-refractivity contribution is 7.17. The van der Waals surface area contributed by atoms with E-state index < -0.39 is 6.09 Å². The highest BCUT2D eigenvalue weighted by Gasteiger charge is 2.33. The van der Waals surface area contributed by atoms with Gasteiger partial charge in [0.25, 0.3) is 5.91 Å². The third kappa shape index (κ3) is 4.09. The van der Waals surface area contributed by atoms with E-state index in [-0.39, 0.29) is 12.0 Å². The summed E-state index contributed by atoms with van der Waals surface area (Å²) in [5.74, 6) is 0.913. The van der Waals surface area contributed by atoms with Gasteiger partial charge in [0.2, 0.25) is 0 Å². The van der Waals surface area contributed by atoms with Crippen LogP contribution in [0.4, 0.5) is 10.5 Å². The summed E-state index contributed by atoms with van der Waals surface area (Å²) in [6.45, 7) is 1.14. The van der Waals surface area contributed by atoms with Crippen molar-refractivity contribution in [2.24, 2.45) is 0 Å². The van der Waals surface area contributed by atoms with E-state index in [9.17, 15) is 9.59 Å². The fraction of sp³-hybridized carbons (Fsp3) is 0.261. The minimum atomic E-state index is -0.956. The molecule has 170 valence electrons. The van der Waals surface area contributed by atoms with Gasteiger partial charge < -0.3 is 24.4 Å². The lowest BCUT2D eigenvalue weighted by Crippen LogP contribution is -2.55. The van der Waals surface area contributed by atoms with Gasteiger partial charge in [0.1, 0.15) is 16.0 Å². The molecule has 1 fully saturated rings. The number of methoxy groups -OCH3 is 1. The Kier molecular flexibility index (Phi) is 5.59. The van der Waals surface area contributed by atoms with Crippen LogP contribution in [0.5, 0.6) is 11.5 Å². The molecule has 0 aliphatic carbocycles. The van der Waals surface area contributed by atoms with E-state index in [0.29, 0.717) is 53.1 Å². The number of carboxylic acid groups (broad SMARTS) is 1. The summed E-state index contributed by atoms with van der Waals surface area (Å²) in [4.78, 5) is 32.5. The lowest BCUT2D eigenvalue weighted by atomic mass is 10.1. The van der Waals surface area contributed by atoms with Crippen molar-refractivity contribution in [3.05, 3.63) is 58.1 Å². The molecule has 0 spiro atoms. The first kappa shape index (κ1) is 21.5. The van der Waals surface area contributed by atoms with Crippen LogP contribution in [0, 0.1) is 0 Å². The number of amides is 2. The zero-order valence-electron chi connectivity index (χ0n) is 17.7. The molecule has 0 bridgehead atoms. The molecule has 0 atom stereocenters. The number of rotatable bonds is 5. The van der Waals surface area contributed by atoms with Crippen molar-refractivity contribution in [2.45, 2.75) is 12.5 Å². The second-order valence-corrected chi connectivity index (χ2v) is 9.21. The number of thiazole rings is 1. The SMILES string of the molecule is COc1cc(N2CCc3nc(-c4ccc(Cl)cc4)sc3C2=O)ccc1OC1CN(C(=O)O)C1. The maximum atomic E-state index is 13.3. The van der Waals surface area contributed by atoms with Crippen LogP contribution in [0.15, 0.2) is 42.5 Å². The van der Waals surface area contributed by atoms with E-state index in [1.165, 1.54) is 23.3 Å².